The number of Topliss-reactive ketones (excluding diaryl/α,β-unsaturated/α-hetero) is 1. The Bertz CT molecular complexity index is 442. The molecule has 3 N–H and O–H groups in total. The summed E-state index contributed by atoms with van der Waals surface area (Å²) in [4.78, 5) is 46.1. The van der Waals surface area contributed by atoms with Crippen LogP contribution in [0.4, 0.5) is 0 Å². The van der Waals surface area contributed by atoms with E-state index in [2.05, 4.69) is 5.32 Å². The first-order valence-electron chi connectivity index (χ1n) is 9.29. The van der Waals surface area contributed by atoms with Crippen LogP contribution in [-0.4, -0.2) is 39.9 Å². The van der Waals surface area contributed by atoms with Crippen molar-refractivity contribution in [2.75, 3.05) is 0 Å². The summed E-state index contributed by atoms with van der Waals surface area (Å²) in [7, 11) is 0. The number of carbonyl (C=O) groups excluding carboxylic acids is 2. The number of nitrogens with one attached hydrogen (secondary N) is 1. The van der Waals surface area contributed by atoms with Gasteiger partial charge in [-0.2, -0.15) is 0 Å². The Morgan fingerprint density at radius 1 is 0.808 bits per heavy atom. The van der Waals surface area contributed by atoms with Gasteiger partial charge in [-0.15, -0.1) is 0 Å². The minimum absolute atomic E-state index is 0.0230. The van der Waals surface area contributed by atoms with Gasteiger partial charge in [-0.25, -0.2) is 4.79 Å². The van der Waals surface area contributed by atoms with Crippen LogP contribution in [0, 0.1) is 17.8 Å². The van der Waals surface area contributed by atoms with Gasteiger partial charge >= 0.3 is 11.9 Å². The van der Waals surface area contributed by atoms with E-state index in [-0.39, 0.29) is 42.8 Å². The van der Waals surface area contributed by atoms with Crippen LogP contribution in [0.2, 0.25) is 0 Å². The molecule has 1 amide bonds. The second-order valence-electron chi connectivity index (χ2n) is 7.70. The zero-order valence-electron chi connectivity index (χ0n) is 16.3. The van der Waals surface area contributed by atoms with E-state index < -0.39 is 23.9 Å². The molecular formula is C19H33NO6. The summed E-state index contributed by atoms with van der Waals surface area (Å²) >= 11 is 0. The molecule has 7 heteroatoms. The molecule has 0 rings (SSSR count). The van der Waals surface area contributed by atoms with E-state index in [1.807, 2.05) is 27.7 Å². The van der Waals surface area contributed by atoms with Gasteiger partial charge in [0.05, 0.1) is 5.92 Å². The van der Waals surface area contributed by atoms with Crippen LogP contribution in [0.15, 0.2) is 0 Å². The number of aliphatic carboxylic acids is 2. The quantitative estimate of drug-likeness (QED) is 0.404. The van der Waals surface area contributed by atoms with Crippen LogP contribution in [0.5, 0.6) is 0 Å². The number of carboxylic acid groups (broad SMARTS) is 2. The number of amides is 1. The Morgan fingerprint density at radius 2 is 1.35 bits per heavy atom. The SMILES string of the molecule is CC(C)CC(CC(=O)CCCCC(=O)NC(CC(C)C)C(=O)O)C(=O)O. The Hall–Kier alpha value is -1.92. The molecule has 2 unspecified atom stereocenters. The second kappa shape index (κ2) is 12.4. The smallest absolute Gasteiger partial charge is 0.326 e. The topological polar surface area (TPSA) is 121 Å². The minimum Gasteiger partial charge on any atom is -0.481 e. The number of hydrogen-bond acceptors (Lipinski definition) is 4. The first kappa shape index (κ1) is 24.1. The molecule has 0 fully saturated rings. The fraction of sp³-hybridized carbons (Fsp3) is 0.789. The third-order valence-corrected chi connectivity index (χ3v) is 4.03. The molecule has 0 radical (unpaired) electrons. The van der Waals surface area contributed by atoms with Crippen LogP contribution >= 0.6 is 0 Å². The molecule has 0 spiro atoms. The number of rotatable bonds is 14. The van der Waals surface area contributed by atoms with Crippen molar-refractivity contribution in [2.45, 2.75) is 78.7 Å². The fourth-order valence-electron chi connectivity index (χ4n) is 2.78. The lowest BCUT2D eigenvalue weighted by atomic mass is 9.91. The van der Waals surface area contributed by atoms with Crippen molar-refractivity contribution in [2.24, 2.45) is 17.8 Å². The van der Waals surface area contributed by atoms with E-state index in [0.717, 1.165) is 0 Å². The average molecular weight is 371 g/mol. The lowest BCUT2D eigenvalue weighted by Crippen LogP contribution is -2.41. The molecule has 150 valence electrons. The summed E-state index contributed by atoms with van der Waals surface area (Å²) < 4.78 is 0. The molecule has 2 atom stereocenters. The molecule has 0 heterocycles. The van der Waals surface area contributed by atoms with Gasteiger partial charge in [-0.3, -0.25) is 14.4 Å². The normalized spacial score (nSPS) is 13.5. The Labute approximate surface area is 155 Å². The largest absolute Gasteiger partial charge is 0.481 e. The first-order valence-corrected chi connectivity index (χ1v) is 9.29. The molecule has 7 nitrogen and oxygen atoms in total. The van der Waals surface area contributed by atoms with Crippen molar-refractivity contribution < 1.29 is 29.4 Å². The van der Waals surface area contributed by atoms with E-state index in [4.69, 9.17) is 10.2 Å². The summed E-state index contributed by atoms with van der Waals surface area (Å²) in [5, 5.41) is 20.8. The summed E-state index contributed by atoms with van der Waals surface area (Å²) in [6.45, 7) is 7.61. The predicted octanol–water partition coefficient (Wildman–Crippen LogP) is 2.87. The third-order valence-electron chi connectivity index (χ3n) is 4.03. The summed E-state index contributed by atoms with van der Waals surface area (Å²) in [5.41, 5.74) is 0. The fourth-order valence-corrected chi connectivity index (χ4v) is 2.78. The van der Waals surface area contributed by atoms with Crippen LogP contribution in [0.1, 0.15) is 72.6 Å². The zero-order valence-corrected chi connectivity index (χ0v) is 16.3. The lowest BCUT2D eigenvalue weighted by molar-refractivity contribution is -0.144. The highest BCUT2D eigenvalue weighted by Gasteiger charge is 2.23. The van der Waals surface area contributed by atoms with Gasteiger partial charge in [0.15, 0.2) is 0 Å². The number of unbranched alkanes of at least 4 members (excludes halogenated alkanes) is 1. The van der Waals surface area contributed by atoms with Crippen molar-refractivity contribution in [1.29, 1.82) is 0 Å². The van der Waals surface area contributed by atoms with Crippen LogP contribution < -0.4 is 5.32 Å². The molecule has 0 aromatic rings. The Morgan fingerprint density at radius 3 is 1.81 bits per heavy atom. The van der Waals surface area contributed by atoms with Gasteiger partial charge in [0.25, 0.3) is 0 Å². The molecule has 26 heavy (non-hydrogen) atoms. The number of carbonyl (C=O) groups is 4. The molecule has 0 aromatic carbocycles. The van der Waals surface area contributed by atoms with Gasteiger partial charge in [0.1, 0.15) is 11.8 Å². The number of hydrogen-bond donors (Lipinski definition) is 3. The summed E-state index contributed by atoms with van der Waals surface area (Å²) in [6, 6.07) is -0.892. The molecule has 0 aromatic heterocycles. The van der Waals surface area contributed by atoms with Gasteiger partial charge < -0.3 is 15.5 Å². The lowest BCUT2D eigenvalue weighted by Gasteiger charge is -2.16. The highest BCUT2D eigenvalue weighted by atomic mass is 16.4. The van der Waals surface area contributed by atoms with Crippen LogP contribution in [0.3, 0.4) is 0 Å². The molecule has 0 aliphatic rings. The molecular weight excluding hydrogens is 338 g/mol. The molecule has 0 aliphatic carbocycles. The number of ketones is 1. The van der Waals surface area contributed by atoms with Crippen LogP contribution in [-0.2, 0) is 19.2 Å². The molecule has 0 aliphatic heterocycles. The molecule has 0 saturated carbocycles. The maximum absolute atomic E-state index is 11.9. The Balaban J connectivity index is 4.16. The second-order valence-corrected chi connectivity index (χ2v) is 7.70. The van der Waals surface area contributed by atoms with E-state index in [1.165, 1.54) is 0 Å². The van der Waals surface area contributed by atoms with Gasteiger partial charge in [0, 0.05) is 19.3 Å². The molecule has 0 bridgehead atoms. The van der Waals surface area contributed by atoms with Crippen molar-refractivity contribution in [3.8, 4) is 0 Å². The highest BCUT2D eigenvalue weighted by molar-refractivity contribution is 5.84. The van der Waals surface area contributed by atoms with Crippen molar-refractivity contribution in [3.05, 3.63) is 0 Å². The number of carboxylic acids is 2. The first-order chi connectivity index (χ1) is 12.0. The van der Waals surface area contributed by atoms with E-state index in [1.54, 1.807) is 0 Å². The van der Waals surface area contributed by atoms with E-state index in [0.29, 0.717) is 25.7 Å². The Kier molecular flexibility index (Phi) is 11.5. The van der Waals surface area contributed by atoms with E-state index >= 15 is 0 Å². The zero-order chi connectivity index (χ0) is 20.3. The van der Waals surface area contributed by atoms with Gasteiger partial charge in [-0.05, 0) is 37.5 Å². The maximum Gasteiger partial charge on any atom is 0.326 e. The van der Waals surface area contributed by atoms with Gasteiger partial charge in [0.2, 0.25) is 5.91 Å². The maximum atomic E-state index is 11.9. The van der Waals surface area contributed by atoms with E-state index in [9.17, 15) is 19.2 Å². The van der Waals surface area contributed by atoms with Crippen molar-refractivity contribution in [1.82, 2.24) is 5.32 Å². The van der Waals surface area contributed by atoms with Crippen LogP contribution in [0.25, 0.3) is 0 Å². The summed E-state index contributed by atoms with van der Waals surface area (Å²) in [5.74, 6) is -2.74. The third kappa shape index (κ3) is 11.6. The highest BCUT2D eigenvalue weighted by Crippen LogP contribution is 2.18. The predicted molar refractivity (Wildman–Crippen MR) is 97.7 cm³/mol. The van der Waals surface area contributed by atoms with Gasteiger partial charge in [-0.1, -0.05) is 27.7 Å². The standard InChI is InChI=1S/C19H33NO6/c1-12(2)9-14(18(23)24)11-15(21)7-5-6-8-17(22)20-16(19(25)26)10-13(3)4/h12-14,16H,5-11H2,1-4H3,(H,20,22)(H,23,24)(H,25,26). The van der Waals surface area contributed by atoms with Crippen molar-refractivity contribution in [3.63, 3.8) is 0 Å². The minimum atomic E-state index is -1.05. The molecule has 0 saturated heterocycles. The average Bonchev–Trinajstić information content (AvgIpc) is 2.49. The summed E-state index contributed by atoms with van der Waals surface area (Å²) in [6.07, 6.45) is 2.21. The monoisotopic (exact) mass is 371 g/mol. The van der Waals surface area contributed by atoms with Crippen molar-refractivity contribution >= 4 is 23.6 Å².